The lowest BCUT2D eigenvalue weighted by molar-refractivity contribution is 1.53. The van der Waals surface area contributed by atoms with E-state index >= 15 is 0 Å². The summed E-state index contributed by atoms with van der Waals surface area (Å²) >= 11 is 6.18. The monoisotopic (exact) mass is 289 g/mol. The van der Waals surface area contributed by atoms with Crippen LogP contribution in [0, 0.1) is 11.3 Å². The molecule has 0 atom stereocenters. The lowest BCUT2D eigenvalue weighted by Crippen LogP contribution is -1.85. The molecule has 100 valence electrons. The van der Waals surface area contributed by atoms with E-state index < -0.39 is 0 Å². The van der Waals surface area contributed by atoms with Crippen LogP contribution in [0.1, 0.15) is 11.1 Å². The maximum atomic E-state index is 9.53. The first-order chi connectivity index (χ1) is 10.3. The smallest absolute Gasteiger partial charge is 0.0998 e. The van der Waals surface area contributed by atoms with Gasteiger partial charge in [0.1, 0.15) is 0 Å². The van der Waals surface area contributed by atoms with Crippen LogP contribution < -0.4 is 0 Å². The van der Waals surface area contributed by atoms with E-state index in [0.29, 0.717) is 10.6 Å². The second-order valence-electron chi connectivity index (χ2n) is 4.72. The molecule has 2 heteroatoms. The van der Waals surface area contributed by atoms with Crippen molar-refractivity contribution in [3.8, 4) is 6.07 Å². The van der Waals surface area contributed by atoms with Gasteiger partial charge in [-0.3, -0.25) is 0 Å². The maximum absolute atomic E-state index is 9.53. The first kappa shape index (κ1) is 13.4. The van der Waals surface area contributed by atoms with Gasteiger partial charge >= 0.3 is 0 Å². The molecule has 0 radical (unpaired) electrons. The molecule has 0 bridgehead atoms. The molecule has 3 rings (SSSR count). The van der Waals surface area contributed by atoms with Crippen molar-refractivity contribution in [2.24, 2.45) is 0 Å². The summed E-state index contributed by atoms with van der Waals surface area (Å²) < 4.78 is 0. The number of nitrogens with zero attached hydrogens (tertiary/aromatic N) is 1. The van der Waals surface area contributed by atoms with Crippen molar-refractivity contribution in [1.82, 2.24) is 0 Å². The van der Waals surface area contributed by atoms with Crippen molar-refractivity contribution in [2.75, 3.05) is 0 Å². The van der Waals surface area contributed by atoms with Crippen molar-refractivity contribution >= 4 is 34.0 Å². The number of benzene rings is 3. The predicted molar refractivity (Wildman–Crippen MR) is 88.9 cm³/mol. The number of halogens is 1. The molecule has 0 amide bonds. The molecule has 0 fully saturated rings. The molecular weight excluding hydrogens is 278 g/mol. The number of allylic oxidation sites excluding steroid dienone is 1. The largest absolute Gasteiger partial charge is 0.192 e. The quantitative estimate of drug-likeness (QED) is 0.448. The second kappa shape index (κ2) is 5.83. The van der Waals surface area contributed by atoms with Crippen LogP contribution in [0.2, 0.25) is 5.02 Å². The highest BCUT2D eigenvalue weighted by atomic mass is 35.5. The Balaban J connectivity index is 2.20. The predicted octanol–water partition coefficient (Wildman–Crippen LogP) is 5.56. The highest BCUT2D eigenvalue weighted by molar-refractivity contribution is 6.32. The van der Waals surface area contributed by atoms with Gasteiger partial charge in [0.05, 0.1) is 11.6 Å². The molecule has 0 saturated heterocycles. The van der Waals surface area contributed by atoms with Crippen LogP contribution >= 0.6 is 11.6 Å². The second-order valence-corrected chi connectivity index (χ2v) is 5.13. The van der Waals surface area contributed by atoms with Gasteiger partial charge in [0.25, 0.3) is 0 Å². The molecule has 0 spiro atoms. The van der Waals surface area contributed by atoms with Crippen LogP contribution in [0.3, 0.4) is 0 Å². The van der Waals surface area contributed by atoms with E-state index in [1.54, 1.807) is 0 Å². The third-order valence-electron chi connectivity index (χ3n) is 3.41. The van der Waals surface area contributed by atoms with Crippen LogP contribution in [0.15, 0.2) is 66.7 Å². The number of fused-ring (bicyclic) bond motifs is 1. The Morgan fingerprint density at radius 1 is 0.905 bits per heavy atom. The van der Waals surface area contributed by atoms with Crippen LogP contribution in [0.4, 0.5) is 0 Å². The lowest BCUT2D eigenvalue weighted by Gasteiger charge is -2.06. The molecule has 0 aliphatic heterocycles. The highest BCUT2D eigenvalue weighted by Gasteiger charge is 2.07. The highest BCUT2D eigenvalue weighted by Crippen LogP contribution is 2.28. The van der Waals surface area contributed by atoms with Gasteiger partial charge in [0.15, 0.2) is 0 Å². The van der Waals surface area contributed by atoms with E-state index in [2.05, 4.69) is 6.07 Å². The average molecular weight is 290 g/mol. The Hall–Kier alpha value is -2.56. The minimum absolute atomic E-state index is 0.611. The number of hydrogen-bond acceptors (Lipinski definition) is 1. The molecular formula is C19H12ClN. The van der Waals surface area contributed by atoms with Gasteiger partial charge < -0.3 is 0 Å². The Morgan fingerprint density at radius 3 is 2.43 bits per heavy atom. The van der Waals surface area contributed by atoms with Crippen molar-refractivity contribution < 1.29 is 0 Å². The number of nitriles is 1. The minimum Gasteiger partial charge on any atom is -0.192 e. The van der Waals surface area contributed by atoms with Gasteiger partial charge in [0.2, 0.25) is 0 Å². The van der Waals surface area contributed by atoms with Gasteiger partial charge in [-0.05, 0) is 28.5 Å². The summed E-state index contributed by atoms with van der Waals surface area (Å²) in [6.45, 7) is 0. The van der Waals surface area contributed by atoms with E-state index in [-0.39, 0.29) is 0 Å². The summed E-state index contributed by atoms with van der Waals surface area (Å²) in [5.74, 6) is 0. The first-order valence-electron chi connectivity index (χ1n) is 6.64. The van der Waals surface area contributed by atoms with Crippen molar-refractivity contribution in [1.29, 1.82) is 5.26 Å². The zero-order valence-electron chi connectivity index (χ0n) is 11.3. The molecule has 0 aromatic heterocycles. The van der Waals surface area contributed by atoms with Crippen molar-refractivity contribution in [2.45, 2.75) is 0 Å². The fourth-order valence-corrected chi connectivity index (χ4v) is 2.57. The fraction of sp³-hybridized carbons (Fsp3) is 0. The van der Waals surface area contributed by atoms with Crippen LogP contribution in [0.5, 0.6) is 0 Å². The number of hydrogen-bond donors (Lipinski definition) is 0. The summed E-state index contributed by atoms with van der Waals surface area (Å²) in [4.78, 5) is 0. The summed E-state index contributed by atoms with van der Waals surface area (Å²) in [6.07, 6.45) is 1.84. The standard InChI is InChI=1S/C19H12ClN/c20-19-11-4-2-7-15(19)12-16(13-21)18-10-5-8-14-6-1-3-9-17(14)18/h1-12H/b16-12-. The van der Waals surface area contributed by atoms with Crippen LogP contribution in [0.25, 0.3) is 22.4 Å². The van der Waals surface area contributed by atoms with E-state index in [1.807, 2.05) is 72.8 Å². The molecule has 21 heavy (non-hydrogen) atoms. The molecule has 0 saturated carbocycles. The zero-order valence-corrected chi connectivity index (χ0v) is 12.0. The molecule has 0 aliphatic rings. The number of rotatable bonds is 2. The topological polar surface area (TPSA) is 23.8 Å². The zero-order chi connectivity index (χ0) is 14.7. The summed E-state index contributed by atoms with van der Waals surface area (Å²) in [7, 11) is 0. The Labute approximate surface area is 128 Å². The van der Waals surface area contributed by atoms with E-state index in [1.165, 1.54) is 0 Å². The molecule has 1 nitrogen and oxygen atoms in total. The Morgan fingerprint density at radius 2 is 1.62 bits per heavy atom. The van der Waals surface area contributed by atoms with Gasteiger partial charge in [-0.25, -0.2) is 0 Å². The molecule has 3 aromatic rings. The summed E-state index contributed by atoms with van der Waals surface area (Å²) in [6, 6.07) is 23.8. The maximum Gasteiger partial charge on any atom is 0.0998 e. The summed E-state index contributed by atoms with van der Waals surface area (Å²) in [5.41, 5.74) is 2.39. The SMILES string of the molecule is N#C/C(=C/c1ccccc1Cl)c1cccc2ccccc12. The summed E-state index contributed by atoms with van der Waals surface area (Å²) in [5, 5.41) is 12.4. The van der Waals surface area contributed by atoms with E-state index in [0.717, 1.165) is 21.9 Å². The molecule has 0 N–H and O–H groups in total. The Bertz CT molecular complexity index is 867. The van der Waals surface area contributed by atoms with Crippen LogP contribution in [-0.4, -0.2) is 0 Å². The van der Waals surface area contributed by atoms with Gasteiger partial charge in [-0.15, -0.1) is 0 Å². The Kier molecular flexibility index (Phi) is 3.73. The molecule has 0 heterocycles. The van der Waals surface area contributed by atoms with Crippen molar-refractivity contribution in [3.63, 3.8) is 0 Å². The van der Waals surface area contributed by atoms with E-state index in [4.69, 9.17) is 11.6 Å². The molecule has 0 aliphatic carbocycles. The van der Waals surface area contributed by atoms with Gasteiger partial charge in [0, 0.05) is 10.6 Å². The first-order valence-corrected chi connectivity index (χ1v) is 7.02. The fourth-order valence-electron chi connectivity index (χ4n) is 2.38. The van der Waals surface area contributed by atoms with E-state index in [9.17, 15) is 5.26 Å². The molecule has 3 aromatic carbocycles. The normalized spacial score (nSPS) is 11.3. The van der Waals surface area contributed by atoms with Crippen LogP contribution in [-0.2, 0) is 0 Å². The van der Waals surface area contributed by atoms with Gasteiger partial charge in [-0.2, -0.15) is 5.26 Å². The minimum atomic E-state index is 0.611. The lowest BCUT2D eigenvalue weighted by atomic mass is 9.97. The molecule has 0 unspecified atom stereocenters. The third kappa shape index (κ3) is 2.67. The van der Waals surface area contributed by atoms with Crippen molar-refractivity contribution in [3.05, 3.63) is 82.9 Å². The average Bonchev–Trinajstić information content (AvgIpc) is 2.54. The van der Waals surface area contributed by atoms with Gasteiger partial charge in [-0.1, -0.05) is 72.3 Å². The third-order valence-corrected chi connectivity index (χ3v) is 3.75.